The van der Waals surface area contributed by atoms with E-state index in [2.05, 4.69) is 4.98 Å². The number of aliphatic hydroxyl groups is 1. The second-order valence-corrected chi connectivity index (χ2v) is 9.85. The highest BCUT2D eigenvalue weighted by molar-refractivity contribution is 7.22. The first-order chi connectivity index (χ1) is 17.7. The summed E-state index contributed by atoms with van der Waals surface area (Å²) in [4.78, 5) is 32.4. The number of anilines is 1. The van der Waals surface area contributed by atoms with Crippen LogP contribution in [0, 0.1) is 5.82 Å². The number of hydrogen-bond acceptors (Lipinski definition) is 7. The summed E-state index contributed by atoms with van der Waals surface area (Å²) in [5.41, 5.74) is 0.867. The molecule has 1 amide bonds. The molecule has 1 saturated heterocycles. The Hall–Kier alpha value is -3.66. The average molecular weight is 559 g/mol. The van der Waals surface area contributed by atoms with Crippen molar-refractivity contribution in [1.82, 2.24) is 4.98 Å². The third kappa shape index (κ3) is 4.29. The summed E-state index contributed by atoms with van der Waals surface area (Å²) in [6.07, 6.45) is 0. The fourth-order valence-corrected chi connectivity index (χ4v) is 5.85. The molecule has 1 N–H and O–H groups in total. The number of benzene rings is 3. The van der Waals surface area contributed by atoms with Crippen molar-refractivity contribution < 1.29 is 28.6 Å². The SMILES string of the molecule is COc1cccc(C2/C(=C(\O)c3cc(Cl)c(OC)c(Cl)c3)C(=O)C(=O)N2c2nc3ccc(F)cc3s2)c1. The molecular weight excluding hydrogens is 542 g/mol. The van der Waals surface area contributed by atoms with Crippen LogP contribution in [0.4, 0.5) is 9.52 Å². The Morgan fingerprint density at radius 1 is 1.05 bits per heavy atom. The second-order valence-electron chi connectivity index (χ2n) is 8.03. The van der Waals surface area contributed by atoms with Gasteiger partial charge in [0.2, 0.25) is 0 Å². The van der Waals surface area contributed by atoms with E-state index in [1.54, 1.807) is 24.3 Å². The minimum Gasteiger partial charge on any atom is -0.507 e. The number of halogens is 3. The summed E-state index contributed by atoms with van der Waals surface area (Å²) in [6, 6.07) is 12.5. The third-order valence-electron chi connectivity index (χ3n) is 5.88. The number of ether oxygens (including phenoxy) is 2. The summed E-state index contributed by atoms with van der Waals surface area (Å²) in [5.74, 6) is -2.09. The van der Waals surface area contributed by atoms with Crippen molar-refractivity contribution in [1.29, 1.82) is 0 Å². The number of hydrogen-bond donors (Lipinski definition) is 1. The molecule has 1 fully saturated rings. The highest BCUT2D eigenvalue weighted by atomic mass is 35.5. The second kappa shape index (κ2) is 9.66. The molecule has 2 heterocycles. The largest absolute Gasteiger partial charge is 0.507 e. The van der Waals surface area contributed by atoms with Crippen LogP contribution in [-0.2, 0) is 9.59 Å². The maximum atomic E-state index is 13.8. The predicted molar refractivity (Wildman–Crippen MR) is 140 cm³/mol. The maximum absolute atomic E-state index is 13.8. The fourth-order valence-electron chi connectivity index (χ4n) is 4.19. The van der Waals surface area contributed by atoms with Crippen LogP contribution in [0.1, 0.15) is 17.2 Å². The molecule has 1 aliphatic rings. The molecule has 0 radical (unpaired) electrons. The lowest BCUT2D eigenvalue weighted by Crippen LogP contribution is -2.29. The van der Waals surface area contributed by atoms with Crippen molar-refractivity contribution in [3.63, 3.8) is 0 Å². The van der Waals surface area contributed by atoms with Crippen molar-refractivity contribution in [3.05, 3.63) is 87.2 Å². The number of carbonyl (C=O) groups excluding carboxylic acids is 2. The summed E-state index contributed by atoms with van der Waals surface area (Å²) in [7, 11) is 2.88. The summed E-state index contributed by atoms with van der Waals surface area (Å²) in [6.45, 7) is 0. The lowest BCUT2D eigenvalue weighted by molar-refractivity contribution is -0.132. The Bertz CT molecular complexity index is 1600. The van der Waals surface area contributed by atoms with Crippen molar-refractivity contribution >= 4 is 67.3 Å². The van der Waals surface area contributed by atoms with Crippen molar-refractivity contribution in [2.75, 3.05) is 19.1 Å². The smallest absolute Gasteiger partial charge is 0.301 e. The van der Waals surface area contributed by atoms with E-state index in [4.69, 9.17) is 32.7 Å². The van der Waals surface area contributed by atoms with Gasteiger partial charge in [-0.1, -0.05) is 46.7 Å². The Labute approximate surface area is 224 Å². The first-order valence-electron chi connectivity index (χ1n) is 10.8. The number of aliphatic hydroxyl groups excluding tert-OH is 1. The van der Waals surface area contributed by atoms with Crippen molar-refractivity contribution in [2.24, 2.45) is 0 Å². The number of ketones is 1. The minimum atomic E-state index is -1.07. The van der Waals surface area contributed by atoms with Crippen LogP contribution >= 0.6 is 34.5 Å². The van der Waals surface area contributed by atoms with E-state index in [0.29, 0.717) is 21.5 Å². The topological polar surface area (TPSA) is 89.0 Å². The van der Waals surface area contributed by atoms with Crippen LogP contribution in [0.25, 0.3) is 16.0 Å². The summed E-state index contributed by atoms with van der Waals surface area (Å²) < 4.78 is 24.8. The Kier molecular flexibility index (Phi) is 6.53. The van der Waals surface area contributed by atoms with Crippen LogP contribution in [0.5, 0.6) is 11.5 Å². The molecule has 0 bridgehead atoms. The molecule has 0 aliphatic carbocycles. The number of amides is 1. The number of aromatic nitrogens is 1. The zero-order chi connectivity index (χ0) is 26.4. The monoisotopic (exact) mass is 558 g/mol. The molecule has 4 aromatic rings. The van der Waals surface area contributed by atoms with Gasteiger partial charge in [-0.05, 0) is 48.0 Å². The van der Waals surface area contributed by atoms with E-state index in [0.717, 1.165) is 11.3 Å². The van der Waals surface area contributed by atoms with Gasteiger partial charge in [0, 0.05) is 5.56 Å². The van der Waals surface area contributed by atoms with Crippen LogP contribution in [0.2, 0.25) is 10.0 Å². The van der Waals surface area contributed by atoms with E-state index < -0.39 is 29.3 Å². The predicted octanol–water partition coefficient (Wildman–Crippen LogP) is 6.39. The van der Waals surface area contributed by atoms with Gasteiger partial charge in [0.05, 0.1) is 46.1 Å². The molecular formula is C26H17Cl2FN2O5S. The van der Waals surface area contributed by atoms with Crippen LogP contribution < -0.4 is 14.4 Å². The van der Waals surface area contributed by atoms with E-state index in [1.165, 1.54) is 49.5 Å². The third-order valence-corrected chi connectivity index (χ3v) is 7.45. The maximum Gasteiger partial charge on any atom is 0.301 e. The van der Waals surface area contributed by atoms with Gasteiger partial charge in [-0.3, -0.25) is 14.5 Å². The summed E-state index contributed by atoms with van der Waals surface area (Å²) in [5, 5.41) is 11.7. The quantitative estimate of drug-likeness (QED) is 0.173. The molecule has 0 spiro atoms. The Morgan fingerprint density at radius 2 is 1.78 bits per heavy atom. The molecule has 3 aromatic carbocycles. The van der Waals surface area contributed by atoms with Crippen molar-refractivity contribution in [2.45, 2.75) is 6.04 Å². The molecule has 5 rings (SSSR count). The molecule has 7 nitrogen and oxygen atoms in total. The molecule has 37 heavy (non-hydrogen) atoms. The minimum absolute atomic E-state index is 0.108. The Balaban J connectivity index is 1.75. The van der Waals surface area contributed by atoms with Gasteiger partial charge < -0.3 is 14.6 Å². The van der Waals surface area contributed by atoms with Gasteiger partial charge in [0.25, 0.3) is 5.78 Å². The molecule has 11 heteroatoms. The highest BCUT2D eigenvalue weighted by Gasteiger charge is 2.48. The number of carbonyl (C=O) groups is 2. The average Bonchev–Trinajstić information content (AvgIpc) is 3.41. The number of nitrogens with zero attached hydrogens (tertiary/aromatic N) is 2. The molecule has 188 valence electrons. The molecule has 0 saturated carbocycles. The number of rotatable bonds is 5. The van der Waals surface area contributed by atoms with Crippen LogP contribution in [-0.4, -0.2) is 36.0 Å². The van der Waals surface area contributed by atoms with Gasteiger partial charge in [-0.25, -0.2) is 9.37 Å². The highest BCUT2D eigenvalue weighted by Crippen LogP contribution is 2.46. The van der Waals surface area contributed by atoms with Crippen LogP contribution in [0.3, 0.4) is 0 Å². The zero-order valence-electron chi connectivity index (χ0n) is 19.3. The van der Waals surface area contributed by atoms with Gasteiger partial charge in [-0.2, -0.15) is 0 Å². The molecule has 1 aromatic heterocycles. The Morgan fingerprint density at radius 3 is 2.46 bits per heavy atom. The van der Waals surface area contributed by atoms with Gasteiger partial charge >= 0.3 is 5.91 Å². The number of fused-ring (bicyclic) bond motifs is 1. The summed E-state index contributed by atoms with van der Waals surface area (Å²) >= 11 is 13.6. The van der Waals surface area contributed by atoms with Gasteiger partial charge in [-0.15, -0.1) is 0 Å². The van der Waals surface area contributed by atoms with Gasteiger partial charge in [0.15, 0.2) is 10.9 Å². The van der Waals surface area contributed by atoms with E-state index in [9.17, 15) is 19.1 Å². The lowest BCUT2D eigenvalue weighted by Gasteiger charge is -2.23. The fraction of sp³-hybridized carbons (Fsp3) is 0.115. The van der Waals surface area contributed by atoms with E-state index in [-0.39, 0.29) is 32.1 Å². The number of methoxy groups -OCH3 is 2. The first kappa shape index (κ1) is 25.0. The molecule has 1 aliphatic heterocycles. The lowest BCUT2D eigenvalue weighted by atomic mass is 9.95. The zero-order valence-corrected chi connectivity index (χ0v) is 21.6. The molecule has 1 atom stereocenters. The number of Topliss-reactive ketones (excluding diaryl/α,β-unsaturated/α-hetero) is 1. The van der Waals surface area contributed by atoms with Crippen LogP contribution in [0.15, 0.2) is 60.2 Å². The number of thiazole rings is 1. The first-order valence-corrected chi connectivity index (χ1v) is 12.3. The van der Waals surface area contributed by atoms with Crippen molar-refractivity contribution in [3.8, 4) is 11.5 Å². The van der Waals surface area contributed by atoms with E-state index >= 15 is 0 Å². The standard InChI is InChI=1S/C26H17Cl2FN2O5S/c1-35-15-5-3-4-12(8-15)21-20(22(32)13-9-16(27)24(36-2)17(28)10-13)23(33)25(34)31(21)26-30-18-7-6-14(29)11-19(18)37-26/h3-11,21,32H,1-2H3/b22-20+. The van der Waals surface area contributed by atoms with E-state index in [1.807, 2.05) is 0 Å². The van der Waals surface area contributed by atoms with Gasteiger partial charge in [0.1, 0.15) is 17.3 Å². The normalized spacial score (nSPS) is 17.0. The molecule has 1 unspecified atom stereocenters.